The van der Waals surface area contributed by atoms with Crippen LogP contribution in [0.4, 0.5) is 0 Å². The lowest BCUT2D eigenvalue weighted by atomic mass is 10.0. The maximum atomic E-state index is 10.5. The van der Waals surface area contributed by atoms with Gasteiger partial charge in [-0.3, -0.25) is 9.59 Å². The Kier molecular flexibility index (Phi) is 7.96. The molecule has 0 heterocycles. The summed E-state index contributed by atoms with van der Waals surface area (Å²) in [5, 5.41) is 17.2. The smallest absolute Gasteiger partial charge is 0.317 e. The Morgan fingerprint density at radius 1 is 1.06 bits per heavy atom. The second kappa shape index (κ2) is 8.78. The summed E-state index contributed by atoms with van der Waals surface area (Å²) in [5.41, 5.74) is 0. The van der Waals surface area contributed by atoms with Gasteiger partial charge in [-0.15, -0.1) is 11.8 Å². The van der Waals surface area contributed by atoms with Gasteiger partial charge < -0.3 is 10.2 Å². The molecule has 90 valence electrons. The van der Waals surface area contributed by atoms with Crippen LogP contribution in [0.25, 0.3) is 0 Å². The van der Waals surface area contributed by atoms with Gasteiger partial charge in [0.15, 0.2) is 5.92 Å². The number of aliphatic carboxylic acids is 2. The van der Waals surface area contributed by atoms with Crippen LogP contribution in [0.1, 0.15) is 45.4 Å². The number of hydrogen-bond acceptors (Lipinski definition) is 2. The van der Waals surface area contributed by atoms with Gasteiger partial charge in [0.25, 0.3) is 0 Å². The maximum Gasteiger partial charge on any atom is 0.317 e. The Hall–Kier alpha value is -1.50. The third kappa shape index (κ3) is 6.88. The molecule has 0 unspecified atom stereocenters. The normalized spacial score (nSPS) is 9.62. The van der Waals surface area contributed by atoms with E-state index in [0.717, 1.165) is 19.3 Å². The molecule has 0 aliphatic heterocycles. The van der Waals surface area contributed by atoms with Gasteiger partial charge in [-0.05, 0) is 19.3 Å². The van der Waals surface area contributed by atoms with Gasteiger partial charge in [0.2, 0.25) is 0 Å². The molecular weight excluding hydrogens is 208 g/mol. The van der Waals surface area contributed by atoms with E-state index in [4.69, 9.17) is 10.2 Å². The number of carboxylic acids is 2. The minimum atomic E-state index is -1.29. The lowest BCUT2D eigenvalue weighted by Crippen LogP contribution is -2.23. The Morgan fingerprint density at radius 2 is 1.56 bits per heavy atom. The minimum Gasteiger partial charge on any atom is -0.481 e. The molecule has 16 heavy (non-hydrogen) atoms. The van der Waals surface area contributed by atoms with E-state index in [1.165, 1.54) is 0 Å². The summed E-state index contributed by atoms with van der Waals surface area (Å²) in [7, 11) is 0. The highest BCUT2D eigenvalue weighted by molar-refractivity contribution is 5.92. The van der Waals surface area contributed by atoms with Crippen molar-refractivity contribution in [1.82, 2.24) is 0 Å². The number of carboxylic acid groups (broad SMARTS) is 2. The van der Waals surface area contributed by atoms with Gasteiger partial charge >= 0.3 is 11.9 Å². The van der Waals surface area contributed by atoms with Crippen molar-refractivity contribution in [3.8, 4) is 11.8 Å². The molecule has 0 aromatic carbocycles. The van der Waals surface area contributed by atoms with E-state index in [-0.39, 0.29) is 6.42 Å². The molecule has 0 amide bonds. The van der Waals surface area contributed by atoms with Crippen LogP contribution in [0.2, 0.25) is 0 Å². The van der Waals surface area contributed by atoms with Gasteiger partial charge in [-0.25, -0.2) is 0 Å². The number of carbonyl (C=O) groups is 2. The topological polar surface area (TPSA) is 74.6 Å². The Morgan fingerprint density at radius 3 is 2.00 bits per heavy atom. The van der Waals surface area contributed by atoms with Gasteiger partial charge in [0.1, 0.15) is 0 Å². The standard InChI is InChI=1S/C12H18O4/c1-2-3-4-5-6-7-8-9-10(11(13)14)12(15)16/h10H,2-4,7-9H2,1H3,(H,13,14)(H,15,16). The minimum absolute atomic E-state index is 0.146. The SMILES string of the molecule is CCCCC#CCCCC(C(=O)O)C(=O)O. The van der Waals surface area contributed by atoms with Crippen LogP contribution in [0.15, 0.2) is 0 Å². The Balaban J connectivity index is 3.73. The molecule has 0 spiro atoms. The fraction of sp³-hybridized carbons (Fsp3) is 0.667. The van der Waals surface area contributed by atoms with Crippen LogP contribution < -0.4 is 0 Å². The lowest BCUT2D eigenvalue weighted by Gasteiger charge is -2.04. The van der Waals surface area contributed by atoms with E-state index in [2.05, 4.69) is 18.8 Å². The molecule has 0 rings (SSSR count). The van der Waals surface area contributed by atoms with Crippen molar-refractivity contribution in [3.63, 3.8) is 0 Å². The molecule has 0 saturated carbocycles. The van der Waals surface area contributed by atoms with Crippen molar-refractivity contribution in [1.29, 1.82) is 0 Å². The molecule has 0 radical (unpaired) electrons. The van der Waals surface area contributed by atoms with Crippen molar-refractivity contribution in [3.05, 3.63) is 0 Å². The zero-order valence-corrected chi connectivity index (χ0v) is 9.53. The first-order valence-corrected chi connectivity index (χ1v) is 5.51. The fourth-order valence-electron chi connectivity index (χ4n) is 1.19. The first-order chi connectivity index (χ1) is 7.59. The fourth-order valence-corrected chi connectivity index (χ4v) is 1.19. The summed E-state index contributed by atoms with van der Waals surface area (Å²) < 4.78 is 0. The van der Waals surface area contributed by atoms with E-state index in [0.29, 0.717) is 12.8 Å². The van der Waals surface area contributed by atoms with Crippen LogP contribution in [-0.2, 0) is 9.59 Å². The largest absolute Gasteiger partial charge is 0.481 e. The summed E-state index contributed by atoms with van der Waals surface area (Å²) in [6.45, 7) is 2.09. The van der Waals surface area contributed by atoms with Gasteiger partial charge in [-0.2, -0.15) is 0 Å². The molecule has 0 saturated heterocycles. The average Bonchev–Trinajstić information content (AvgIpc) is 2.21. The zero-order valence-electron chi connectivity index (χ0n) is 9.53. The summed E-state index contributed by atoms with van der Waals surface area (Å²) >= 11 is 0. The van der Waals surface area contributed by atoms with Crippen molar-refractivity contribution in [2.75, 3.05) is 0 Å². The van der Waals surface area contributed by atoms with Gasteiger partial charge in [0.05, 0.1) is 0 Å². The molecule has 0 bridgehead atoms. The van der Waals surface area contributed by atoms with E-state index in [9.17, 15) is 9.59 Å². The van der Waals surface area contributed by atoms with Gasteiger partial charge in [0, 0.05) is 12.8 Å². The molecule has 4 heteroatoms. The van der Waals surface area contributed by atoms with Crippen molar-refractivity contribution >= 4 is 11.9 Å². The quantitative estimate of drug-likeness (QED) is 0.396. The number of hydrogen-bond donors (Lipinski definition) is 2. The molecule has 0 aromatic heterocycles. The van der Waals surface area contributed by atoms with E-state index in [1.807, 2.05) is 0 Å². The molecule has 0 aliphatic rings. The molecule has 2 N–H and O–H groups in total. The highest BCUT2D eigenvalue weighted by Gasteiger charge is 2.24. The predicted octanol–water partition coefficient (Wildman–Crippen LogP) is 2.14. The van der Waals surface area contributed by atoms with Gasteiger partial charge in [-0.1, -0.05) is 13.3 Å². The summed E-state index contributed by atoms with van der Waals surface area (Å²) in [6.07, 6.45) is 4.27. The summed E-state index contributed by atoms with van der Waals surface area (Å²) in [5.74, 6) is 2.05. The van der Waals surface area contributed by atoms with Crippen LogP contribution in [0.5, 0.6) is 0 Å². The molecule has 0 aromatic rings. The van der Waals surface area contributed by atoms with Crippen molar-refractivity contribution in [2.45, 2.75) is 45.4 Å². The van der Waals surface area contributed by atoms with Crippen molar-refractivity contribution in [2.24, 2.45) is 5.92 Å². The molecular formula is C12H18O4. The van der Waals surface area contributed by atoms with E-state index >= 15 is 0 Å². The molecule has 0 atom stereocenters. The highest BCUT2D eigenvalue weighted by Crippen LogP contribution is 2.08. The van der Waals surface area contributed by atoms with E-state index < -0.39 is 17.9 Å². The average molecular weight is 226 g/mol. The van der Waals surface area contributed by atoms with Crippen LogP contribution in [0.3, 0.4) is 0 Å². The maximum absolute atomic E-state index is 10.5. The highest BCUT2D eigenvalue weighted by atomic mass is 16.4. The Bertz CT molecular complexity index is 271. The first kappa shape index (κ1) is 14.5. The zero-order chi connectivity index (χ0) is 12.4. The second-order valence-electron chi connectivity index (χ2n) is 3.58. The van der Waals surface area contributed by atoms with Crippen LogP contribution >= 0.6 is 0 Å². The van der Waals surface area contributed by atoms with Crippen LogP contribution in [0, 0.1) is 17.8 Å². The third-order valence-electron chi connectivity index (χ3n) is 2.17. The summed E-state index contributed by atoms with van der Waals surface area (Å²) in [4.78, 5) is 21.1. The monoisotopic (exact) mass is 226 g/mol. The Labute approximate surface area is 95.7 Å². The second-order valence-corrected chi connectivity index (χ2v) is 3.58. The molecule has 0 aliphatic carbocycles. The van der Waals surface area contributed by atoms with Crippen molar-refractivity contribution < 1.29 is 19.8 Å². The summed E-state index contributed by atoms with van der Waals surface area (Å²) in [6, 6.07) is 0. The molecule has 0 fully saturated rings. The van der Waals surface area contributed by atoms with E-state index in [1.54, 1.807) is 0 Å². The number of unbranched alkanes of at least 4 members (excludes halogenated alkanes) is 3. The number of rotatable bonds is 7. The predicted molar refractivity (Wildman–Crippen MR) is 59.9 cm³/mol. The van der Waals surface area contributed by atoms with Crippen LogP contribution in [-0.4, -0.2) is 22.2 Å². The first-order valence-electron chi connectivity index (χ1n) is 5.51. The molecule has 4 nitrogen and oxygen atoms in total. The lowest BCUT2D eigenvalue weighted by molar-refractivity contribution is -0.154. The third-order valence-corrected chi connectivity index (χ3v) is 2.17.